The molecule has 2 atom stereocenters. The van der Waals surface area contributed by atoms with Gasteiger partial charge in [0.05, 0.1) is 11.3 Å². The van der Waals surface area contributed by atoms with E-state index in [1.54, 1.807) is 0 Å². The Labute approximate surface area is 121 Å². The molecule has 0 fully saturated rings. The molecule has 110 valence electrons. The number of fused-ring (bicyclic) bond motifs is 1. The van der Waals surface area contributed by atoms with Crippen LogP contribution < -0.4 is 11.5 Å². The first-order chi connectivity index (χ1) is 9.80. The van der Waals surface area contributed by atoms with Crippen molar-refractivity contribution in [1.82, 2.24) is 4.98 Å². The Balaban J connectivity index is 2.02. The summed E-state index contributed by atoms with van der Waals surface area (Å²) in [5.41, 5.74) is 9.43. The standard InChI is InChI=1S/C11H9F3N6S/c12-11(13,14)5-1-2-6(17-3-5)10(16)7-8(18-4-19-10)21-9(15)20-7/h1-4,9H,15-16H2. The maximum Gasteiger partial charge on any atom is 0.417 e. The van der Waals surface area contributed by atoms with Crippen molar-refractivity contribution >= 4 is 28.9 Å². The van der Waals surface area contributed by atoms with E-state index >= 15 is 0 Å². The highest BCUT2D eigenvalue weighted by Crippen LogP contribution is 2.34. The molecule has 3 heterocycles. The maximum atomic E-state index is 12.6. The van der Waals surface area contributed by atoms with E-state index in [9.17, 15) is 13.2 Å². The highest BCUT2D eigenvalue weighted by atomic mass is 32.2. The number of thioether (sulfide) groups is 1. The van der Waals surface area contributed by atoms with Crippen LogP contribution in [0, 0.1) is 0 Å². The fourth-order valence-corrected chi connectivity index (χ4v) is 2.75. The zero-order valence-corrected chi connectivity index (χ0v) is 11.2. The SMILES string of the molecule is NC1N=C2C(=NC=NC2(N)c2ccc(C(F)(F)F)cn2)S1. The van der Waals surface area contributed by atoms with Gasteiger partial charge in [0.25, 0.3) is 0 Å². The molecule has 3 rings (SSSR count). The molecule has 0 saturated heterocycles. The molecule has 10 heteroatoms. The van der Waals surface area contributed by atoms with E-state index in [-0.39, 0.29) is 5.69 Å². The Bertz CT molecular complexity index is 666. The molecule has 1 aromatic heterocycles. The largest absolute Gasteiger partial charge is 0.417 e. The lowest BCUT2D eigenvalue weighted by Crippen LogP contribution is -2.47. The van der Waals surface area contributed by atoms with Crippen LogP contribution in [0.15, 0.2) is 33.3 Å². The van der Waals surface area contributed by atoms with Crippen LogP contribution >= 0.6 is 11.8 Å². The lowest BCUT2D eigenvalue weighted by molar-refractivity contribution is -0.137. The van der Waals surface area contributed by atoms with Gasteiger partial charge in [-0.1, -0.05) is 11.8 Å². The summed E-state index contributed by atoms with van der Waals surface area (Å²) in [6.07, 6.45) is -2.51. The number of hydrogen-bond acceptors (Lipinski definition) is 7. The Morgan fingerprint density at radius 3 is 2.67 bits per heavy atom. The summed E-state index contributed by atoms with van der Waals surface area (Å²) in [6.45, 7) is 0. The average Bonchev–Trinajstić information content (AvgIpc) is 2.80. The van der Waals surface area contributed by atoms with Crippen molar-refractivity contribution in [3.05, 3.63) is 29.6 Å². The quantitative estimate of drug-likeness (QED) is 0.809. The van der Waals surface area contributed by atoms with Crippen LogP contribution in [0.5, 0.6) is 0 Å². The van der Waals surface area contributed by atoms with Gasteiger partial charge in [-0.25, -0.2) is 9.98 Å². The van der Waals surface area contributed by atoms with E-state index in [0.29, 0.717) is 17.0 Å². The van der Waals surface area contributed by atoms with E-state index in [1.165, 1.54) is 24.2 Å². The molecule has 0 spiro atoms. The zero-order valence-electron chi connectivity index (χ0n) is 10.4. The normalized spacial score (nSPS) is 28.1. The van der Waals surface area contributed by atoms with Gasteiger partial charge in [0.1, 0.15) is 17.1 Å². The Hall–Kier alpha value is -1.78. The van der Waals surface area contributed by atoms with Gasteiger partial charge in [-0.15, -0.1) is 0 Å². The number of nitrogens with zero attached hydrogens (tertiary/aromatic N) is 4. The molecule has 2 aliphatic rings. The second kappa shape index (κ2) is 4.61. The van der Waals surface area contributed by atoms with Gasteiger partial charge in [0.2, 0.25) is 0 Å². The molecule has 21 heavy (non-hydrogen) atoms. The van der Waals surface area contributed by atoms with Crippen LogP contribution in [0.25, 0.3) is 0 Å². The third-order valence-electron chi connectivity index (χ3n) is 2.97. The molecule has 1 aromatic rings. The first kappa shape index (κ1) is 14.2. The number of alkyl halides is 3. The maximum absolute atomic E-state index is 12.6. The Morgan fingerprint density at radius 2 is 2.05 bits per heavy atom. The summed E-state index contributed by atoms with van der Waals surface area (Å²) in [5.74, 6) is 0. The third-order valence-corrected chi connectivity index (χ3v) is 3.84. The summed E-state index contributed by atoms with van der Waals surface area (Å²) < 4.78 is 37.7. The zero-order chi connectivity index (χ0) is 15.3. The van der Waals surface area contributed by atoms with Crippen molar-refractivity contribution in [2.45, 2.75) is 17.3 Å². The number of aromatic nitrogens is 1. The first-order valence-corrected chi connectivity index (χ1v) is 6.64. The molecule has 2 aliphatic heterocycles. The first-order valence-electron chi connectivity index (χ1n) is 5.76. The summed E-state index contributed by atoms with van der Waals surface area (Å²) in [4.78, 5) is 15.9. The number of aliphatic imine (C=N–C) groups is 3. The van der Waals surface area contributed by atoms with Crippen molar-refractivity contribution in [3.8, 4) is 0 Å². The highest BCUT2D eigenvalue weighted by Gasteiger charge is 2.43. The van der Waals surface area contributed by atoms with Gasteiger partial charge in [0, 0.05) is 6.20 Å². The average molecular weight is 314 g/mol. The van der Waals surface area contributed by atoms with Crippen LogP contribution in [-0.2, 0) is 11.8 Å². The second-order valence-corrected chi connectivity index (χ2v) is 5.47. The molecule has 0 amide bonds. The molecule has 0 aromatic carbocycles. The second-order valence-electron chi connectivity index (χ2n) is 4.36. The van der Waals surface area contributed by atoms with Crippen LogP contribution in [0.2, 0.25) is 0 Å². The lowest BCUT2D eigenvalue weighted by atomic mass is 9.99. The van der Waals surface area contributed by atoms with Gasteiger partial charge < -0.3 is 5.73 Å². The monoisotopic (exact) mass is 314 g/mol. The number of nitrogens with two attached hydrogens (primary N) is 2. The number of hydrogen-bond donors (Lipinski definition) is 2. The summed E-state index contributed by atoms with van der Waals surface area (Å²) in [5, 5.41) is 0.502. The molecule has 0 aliphatic carbocycles. The summed E-state index contributed by atoms with van der Waals surface area (Å²) in [7, 11) is 0. The smallest absolute Gasteiger partial charge is 0.301 e. The molecular formula is C11H9F3N6S. The molecule has 0 bridgehead atoms. The Kier molecular flexibility index (Phi) is 3.11. The fraction of sp³-hybridized carbons (Fsp3) is 0.273. The van der Waals surface area contributed by atoms with Crippen molar-refractivity contribution in [2.75, 3.05) is 0 Å². The molecule has 4 N–H and O–H groups in total. The lowest BCUT2D eigenvalue weighted by Gasteiger charge is -2.26. The molecule has 6 nitrogen and oxygen atoms in total. The van der Waals surface area contributed by atoms with Crippen molar-refractivity contribution in [1.29, 1.82) is 0 Å². The van der Waals surface area contributed by atoms with E-state index in [4.69, 9.17) is 11.5 Å². The van der Waals surface area contributed by atoms with E-state index in [0.717, 1.165) is 6.07 Å². The number of halogens is 3. The van der Waals surface area contributed by atoms with E-state index < -0.39 is 22.9 Å². The number of rotatable bonds is 1. The molecule has 0 radical (unpaired) electrons. The van der Waals surface area contributed by atoms with Crippen molar-refractivity contribution < 1.29 is 13.2 Å². The fourth-order valence-electron chi connectivity index (χ4n) is 1.94. The minimum absolute atomic E-state index is 0.146. The van der Waals surface area contributed by atoms with Gasteiger partial charge >= 0.3 is 6.18 Å². The van der Waals surface area contributed by atoms with E-state index in [1.807, 2.05) is 0 Å². The minimum Gasteiger partial charge on any atom is -0.301 e. The summed E-state index contributed by atoms with van der Waals surface area (Å²) >= 11 is 1.20. The third kappa shape index (κ3) is 2.34. The van der Waals surface area contributed by atoms with Gasteiger partial charge in [-0.3, -0.25) is 15.7 Å². The number of pyridine rings is 1. The molecular weight excluding hydrogens is 305 g/mol. The van der Waals surface area contributed by atoms with Gasteiger partial charge in [-0.2, -0.15) is 13.2 Å². The van der Waals surface area contributed by atoms with E-state index in [2.05, 4.69) is 20.0 Å². The minimum atomic E-state index is -4.46. The van der Waals surface area contributed by atoms with Crippen molar-refractivity contribution in [2.24, 2.45) is 26.4 Å². The van der Waals surface area contributed by atoms with Gasteiger partial charge in [-0.05, 0) is 12.1 Å². The summed E-state index contributed by atoms with van der Waals surface area (Å²) in [6, 6.07) is 2.08. The Morgan fingerprint density at radius 1 is 1.29 bits per heavy atom. The molecule has 2 unspecified atom stereocenters. The van der Waals surface area contributed by atoms with Crippen LogP contribution in [0.3, 0.4) is 0 Å². The van der Waals surface area contributed by atoms with Crippen LogP contribution in [-0.4, -0.2) is 27.6 Å². The van der Waals surface area contributed by atoms with Gasteiger partial charge in [0.15, 0.2) is 11.2 Å². The van der Waals surface area contributed by atoms with Crippen LogP contribution in [0.4, 0.5) is 13.2 Å². The molecule has 0 saturated carbocycles. The van der Waals surface area contributed by atoms with Crippen LogP contribution in [0.1, 0.15) is 11.3 Å². The van der Waals surface area contributed by atoms with Crippen molar-refractivity contribution in [3.63, 3.8) is 0 Å². The predicted molar refractivity (Wildman–Crippen MR) is 74.0 cm³/mol. The highest BCUT2D eigenvalue weighted by molar-refractivity contribution is 8.16. The topological polar surface area (TPSA) is 102 Å². The predicted octanol–water partition coefficient (Wildman–Crippen LogP) is 1.08.